The highest BCUT2D eigenvalue weighted by atomic mass is 32.2. The van der Waals surface area contributed by atoms with E-state index in [0.29, 0.717) is 10.4 Å². The molecule has 0 aliphatic carbocycles. The molecule has 4 N–H and O–H groups in total. The summed E-state index contributed by atoms with van der Waals surface area (Å²) < 4.78 is 22.5. The highest BCUT2D eigenvalue weighted by molar-refractivity contribution is 7.89. The topological polar surface area (TPSA) is 86.2 Å². The van der Waals surface area contributed by atoms with E-state index in [1.807, 2.05) is 0 Å². The Hall–Kier alpha value is -1.59. The SMILES string of the molecule is C=C/C=c1/c(S(N)(=O)=O)ccc/c1=C/N. The quantitative estimate of drug-likeness (QED) is 0.675. The molecule has 0 aromatic heterocycles. The molecule has 1 rings (SSSR count). The molecule has 15 heavy (non-hydrogen) atoms. The van der Waals surface area contributed by atoms with Crippen LogP contribution in [0.1, 0.15) is 0 Å². The van der Waals surface area contributed by atoms with Crippen LogP contribution in [-0.4, -0.2) is 8.42 Å². The van der Waals surface area contributed by atoms with Gasteiger partial charge in [0.15, 0.2) is 0 Å². The fourth-order valence-corrected chi connectivity index (χ4v) is 2.01. The van der Waals surface area contributed by atoms with Crippen LogP contribution in [0.2, 0.25) is 0 Å². The predicted molar refractivity (Wildman–Crippen MR) is 60.4 cm³/mol. The molecule has 0 aliphatic heterocycles. The maximum atomic E-state index is 11.3. The lowest BCUT2D eigenvalue weighted by molar-refractivity contribution is 0.597. The zero-order valence-corrected chi connectivity index (χ0v) is 8.87. The van der Waals surface area contributed by atoms with E-state index in [4.69, 9.17) is 10.9 Å². The van der Waals surface area contributed by atoms with Crippen molar-refractivity contribution in [1.82, 2.24) is 0 Å². The van der Waals surface area contributed by atoms with Crippen molar-refractivity contribution in [3.8, 4) is 0 Å². The first-order chi connectivity index (χ1) is 7.00. The summed E-state index contributed by atoms with van der Waals surface area (Å²) in [5.41, 5.74) is 5.38. The van der Waals surface area contributed by atoms with Gasteiger partial charge in [-0.15, -0.1) is 0 Å². The summed E-state index contributed by atoms with van der Waals surface area (Å²) in [6, 6.07) is 4.71. The van der Waals surface area contributed by atoms with E-state index in [1.54, 1.807) is 18.2 Å². The Kier molecular flexibility index (Phi) is 3.28. The Labute approximate surface area is 88.3 Å². The summed E-state index contributed by atoms with van der Waals surface area (Å²) in [6.07, 6.45) is 4.36. The lowest BCUT2D eigenvalue weighted by atomic mass is 10.2. The summed E-state index contributed by atoms with van der Waals surface area (Å²) >= 11 is 0. The Morgan fingerprint density at radius 3 is 2.47 bits per heavy atom. The third-order valence-electron chi connectivity index (χ3n) is 1.87. The molecular weight excluding hydrogens is 212 g/mol. The van der Waals surface area contributed by atoms with Gasteiger partial charge >= 0.3 is 0 Å². The van der Waals surface area contributed by atoms with Crippen molar-refractivity contribution < 1.29 is 8.42 Å². The van der Waals surface area contributed by atoms with Crippen LogP contribution in [0.3, 0.4) is 0 Å². The van der Waals surface area contributed by atoms with Gasteiger partial charge in [-0.05, 0) is 11.3 Å². The Balaban J connectivity index is 3.86. The molecule has 0 heterocycles. The van der Waals surface area contributed by atoms with Crippen LogP contribution in [0.5, 0.6) is 0 Å². The minimum absolute atomic E-state index is 0.0431. The van der Waals surface area contributed by atoms with Gasteiger partial charge in [-0.3, -0.25) is 0 Å². The van der Waals surface area contributed by atoms with Crippen molar-refractivity contribution in [3.63, 3.8) is 0 Å². The maximum absolute atomic E-state index is 11.3. The predicted octanol–water partition coefficient (Wildman–Crippen LogP) is -1.00. The number of hydrogen-bond donors (Lipinski definition) is 2. The second kappa shape index (κ2) is 4.29. The average molecular weight is 224 g/mol. The second-order valence-corrected chi connectivity index (χ2v) is 4.40. The number of hydrogen-bond acceptors (Lipinski definition) is 3. The largest absolute Gasteiger partial charge is 0.404 e. The van der Waals surface area contributed by atoms with Crippen LogP contribution in [0, 0.1) is 0 Å². The van der Waals surface area contributed by atoms with Crippen molar-refractivity contribution in [1.29, 1.82) is 0 Å². The van der Waals surface area contributed by atoms with E-state index >= 15 is 0 Å². The smallest absolute Gasteiger partial charge is 0.238 e. The normalized spacial score (nSPS) is 14.2. The molecule has 5 heteroatoms. The molecule has 0 bridgehead atoms. The van der Waals surface area contributed by atoms with E-state index in [-0.39, 0.29) is 4.90 Å². The highest BCUT2D eigenvalue weighted by Gasteiger charge is 2.08. The van der Waals surface area contributed by atoms with Gasteiger partial charge in [-0.1, -0.05) is 30.9 Å². The van der Waals surface area contributed by atoms with Gasteiger partial charge in [0.2, 0.25) is 10.0 Å². The third kappa shape index (κ3) is 2.45. The Bertz CT molecular complexity index is 588. The fourth-order valence-electron chi connectivity index (χ4n) is 1.25. The van der Waals surface area contributed by atoms with E-state index in [1.165, 1.54) is 18.3 Å². The molecule has 0 saturated carbocycles. The average Bonchev–Trinajstić information content (AvgIpc) is 2.17. The molecule has 4 nitrogen and oxygen atoms in total. The number of allylic oxidation sites excluding steroid dienone is 1. The lowest BCUT2D eigenvalue weighted by Gasteiger charge is -1.99. The second-order valence-electron chi connectivity index (χ2n) is 2.87. The van der Waals surface area contributed by atoms with Gasteiger partial charge in [0.25, 0.3) is 0 Å². The van der Waals surface area contributed by atoms with Crippen molar-refractivity contribution in [3.05, 3.63) is 41.3 Å². The van der Waals surface area contributed by atoms with Gasteiger partial charge in [0, 0.05) is 11.4 Å². The minimum Gasteiger partial charge on any atom is -0.404 e. The maximum Gasteiger partial charge on any atom is 0.238 e. The lowest BCUT2D eigenvalue weighted by Crippen LogP contribution is -2.33. The van der Waals surface area contributed by atoms with E-state index in [9.17, 15) is 8.42 Å². The molecule has 80 valence electrons. The summed E-state index contributed by atoms with van der Waals surface area (Å²) in [6.45, 7) is 3.51. The molecule has 0 saturated heterocycles. The molecule has 0 radical (unpaired) electrons. The van der Waals surface area contributed by atoms with Crippen LogP contribution in [-0.2, 0) is 10.0 Å². The van der Waals surface area contributed by atoms with Crippen molar-refractivity contribution in [2.45, 2.75) is 4.90 Å². The van der Waals surface area contributed by atoms with Crippen molar-refractivity contribution >= 4 is 22.3 Å². The van der Waals surface area contributed by atoms with Crippen molar-refractivity contribution in [2.24, 2.45) is 10.9 Å². The zero-order valence-electron chi connectivity index (χ0n) is 8.05. The minimum atomic E-state index is -3.74. The van der Waals surface area contributed by atoms with E-state index in [0.717, 1.165) is 0 Å². The van der Waals surface area contributed by atoms with Crippen molar-refractivity contribution in [2.75, 3.05) is 0 Å². The molecule has 1 aromatic rings. The molecule has 0 atom stereocenters. The summed E-state index contributed by atoms with van der Waals surface area (Å²) in [5.74, 6) is 0. The van der Waals surface area contributed by atoms with Gasteiger partial charge in [0.1, 0.15) is 0 Å². The zero-order chi connectivity index (χ0) is 11.5. The number of benzene rings is 1. The Morgan fingerprint density at radius 2 is 2.00 bits per heavy atom. The number of primary sulfonamides is 1. The summed E-state index contributed by atoms with van der Waals surface area (Å²) in [4.78, 5) is 0.0431. The molecule has 0 aliphatic rings. The molecular formula is C10H12N2O2S. The van der Waals surface area contributed by atoms with Gasteiger partial charge < -0.3 is 5.73 Å². The van der Waals surface area contributed by atoms with Gasteiger partial charge in [-0.2, -0.15) is 0 Å². The molecule has 0 unspecified atom stereocenters. The number of nitrogens with two attached hydrogens (primary N) is 2. The summed E-state index contributed by atoms with van der Waals surface area (Å²) in [5, 5.41) is 6.13. The van der Waals surface area contributed by atoms with Gasteiger partial charge in [-0.25, -0.2) is 13.6 Å². The summed E-state index contributed by atoms with van der Waals surface area (Å²) in [7, 11) is -3.74. The van der Waals surface area contributed by atoms with Crippen LogP contribution < -0.4 is 21.3 Å². The van der Waals surface area contributed by atoms with E-state index in [2.05, 4.69) is 6.58 Å². The molecule has 0 amide bonds. The van der Waals surface area contributed by atoms with E-state index < -0.39 is 10.0 Å². The molecule has 0 fully saturated rings. The third-order valence-corrected chi connectivity index (χ3v) is 2.84. The van der Waals surface area contributed by atoms with Crippen LogP contribution in [0.15, 0.2) is 35.7 Å². The Morgan fingerprint density at radius 1 is 1.33 bits per heavy atom. The first-order valence-corrected chi connectivity index (χ1v) is 5.72. The molecule has 0 spiro atoms. The first kappa shape index (κ1) is 11.5. The number of rotatable bonds is 2. The first-order valence-electron chi connectivity index (χ1n) is 4.17. The van der Waals surface area contributed by atoms with Crippen LogP contribution in [0.25, 0.3) is 12.3 Å². The monoisotopic (exact) mass is 224 g/mol. The van der Waals surface area contributed by atoms with Gasteiger partial charge in [0.05, 0.1) is 4.90 Å². The highest BCUT2D eigenvalue weighted by Crippen LogP contribution is 1.96. The van der Waals surface area contributed by atoms with Crippen LogP contribution >= 0.6 is 0 Å². The van der Waals surface area contributed by atoms with Crippen LogP contribution in [0.4, 0.5) is 0 Å². The standard InChI is InChI=1S/C10H12N2O2S/c1-2-4-9-8(7-11)5-3-6-10(9)15(12,13)14/h2-7H,1,11H2,(H2,12,13,14)/b8-7-,9-4+. The fraction of sp³-hybridized carbons (Fsp3) is 0. The number of sulfonamides is 1. The molecule has 1 aromatic carbocycles.